The summed E-state index contributed by atoms with van der Waals surface area (Å²) in [4.78, 5) is 18.1. The largest absolute Gasteiger partial charge is 0.486 e. The maximum absolute atomic E-state index is 12.9. The molecule has 2 aliphatic heterocycles. The summed E-state index contributed by atoms with van der Waals surface area (Å²) in [6, 6.07) is 5.66. The van der Waals surface area contributed by atoms with E-state index in [1.54, 1.807) is 11.8 Å². The number of tetrazole rings is 1. The van der Waals surface area contributed by atoms with Crippen molar-refractivity contribution in [3.63, 3.8) is 0 Å². The number of fused-ring (bicyclic) bond motifs is 2. The van der Waals surface area contributed by atoms with Gasteiger partial charge in [-0.15, -0.1) is 5.10 Å². The fraction of sp³-hybridized carbons (Fsp3) is 0.545. The van der Waals surface area contributed by atoms with Crippen LogP contribution in [-0.2, 0) is 29.1 Å². The lowest BCUT2D eigenvalue weighted by Crippen LogP contribution is -2.34. The maximum atomic E-state index is 12.9. The van der Waals surface area contributed by atoms with E-state index >= 15 is 0 Å². The molecule has 1 N–H and O–H groups in total. The molecule has 33 heavy (non-hydrogen) atoms. The molecule has 11 nitrogen and oxygen atoms in total. The van der Waals surface area contributed by atoms with Gasteiger partial charge in [0, 0.05) is 43.8 Å². The van der Waals surface area contributed by atoms with Gasteiger partial charge in [0.25, 0.3) is 5.56 Å². The number of benzene rings is 1. The molecule has 0 aliphatic carbocycles. The molecule has 1 saturated heterocycles. The molecule has 0 saturated carbocycles. The van der Waals surface area contributed by atoms with Gasteiger partial charge in [-0.1, -0.05) is 0 Å². The van der Waals surface area contributed by atoms with Gasteiger partial charge in [-0.2, -0.15) is 0 Å². The predicted octanol–water partition coefficient (Wildman–Crippen LogP) is 1.11. The van der Waals surface area contributed by atoms with Crippen LogP contribution in [0.2, 0.25) is 0 Å². The molecular formula is C22H28N6O5. The van der Waals surface area contributed by atoms with E-state index in [2.05, 4.69) is 25.4 Å². The number of ether oxygens (including phenoxy) is 4. The summed E-state index contributed by atoms with van der Waals surface area (Å²) < 4.78 is 24.1. The Kier molecular flexibility index (Phi) is 6.51. The minimum Gasteiger partial charge on any atom is -0.486 e. The van der Waals surface area contributed by atoms with Crippen molar-refractivity contribution in [2.24, 2.45) is 0 Å². The second-order valence-electron chi connectivity index (χ2n) is 8.32. The van der Waals surface area contributed by atoms with Crippen LogP contribution in [0.4, 0.5) is 0 Å². The zero-order chi connectivity index (χ0) is 22.6. The highest BCUT2D eigenvalue weighted by Gasteiger charge is 2.23. The minimum atomic E-state index is -0.129. The lowest BCUT2D eigenvalue weighted by atomic mass is 10.1. The molecule has 5 rings (SSSR count). The average Bonchev–Trinajstić information content (AvgIpc) is 3.49. The summed E-state index contributed by atoms with van der Waals surface area (Å²) in [5.41, 5.74) is 1.26. The molecule has 0 spiro atoms. The third-order valence-electron chi connectivity index (χ3n) is 5.94. The Morgan fingerprint density at radius 1 is 1.18 bits per heavy atom. The SMILES string of the molecule is COCCn1nnnc1CN(Cc1cc2cc3c(cc2[nH]c1=O)OCCO3)C[C@H]1CCCO1. The van der Waals surface area contributed by atoms with Crippen molar-refractivity contribution in [2.75, 3.05) is 40.1 Å². The third-order valence-corrected chi connectivity index (χ3v) is 5.94. The second-order valence-corrected chi connectivity index (χ2v) is 8.32. The number of aromatic nitrogens is 5. The van der Waals surface area contributed by atoms with E-state index in [0.29, 0.717) is 63.1 Å². The molecule has 0 amide bonds. The first-order valence-electron chi connectivity index (χ1n) is 11.2. The monoisotopic (exact) mass is 456 g/mol. The zero-order valence-electron chi connectivity index (χ0n) is 18.7. The summed E-state index contributed by atoms with van der Waals surface area (Å²) >= 11 is 0. The molecule has 1 fully saturated rings. The Morgan fingerprint density at radius 2 is 2.03 bits per heavy atom. The fourth-order valence-electron chi connectivity index (χ4n) is 4.30. The van der Waals surface area contributed by atoms with E-state index in [1.807, 2.05) is 18.2 Å². The smallest absolute Gasteiger partial charge is 0.252 e. The van der Waals surface area contributed by atoms with E-state index < -0.39 is 0 Å². The summed E-state index contributed by atoms with van der Waals surface area (Å²) in [7, 11) is 1.65. The molecule has 2 aliphatic rings. The molecule has 11 heteroatoms. The van der Waals surface area contributed by atoms with Gasteiger partial charge in [-0.25, -0.2) is 4.68 Å². The number of methoxy groups -OCH3 is 1. The molecule has 0 radical (unpaired) electrons. The average molecular weight is 457 g/mol. The van der Waals surface area contributed by atoms with E-state index in [9.17, 15) is 4.79 Å². The van der Waals surface area contributed by atoms with Gasteiger partial charge < -0.3 is 23.9 Å². The Hall–Kier alpha value is -3.02. The van der Waals surface area contributed by atoms with Gasteiger partial charge in [0.05, 0.1) is 31.3 Å². The van der Waals surface area contributed by atoms with Gasteiger partial charge in [-0.3, -0.25) is 9.69 Å². The van der Waals surface area contributed by atoms with Crippen LogP contribution in [0.15, 0.2) is 23.0 Å². The van der Waals surface area contributed by atoms with Crippen LogP contribution >= 0.6 is 0 Å². The van der Waals surface area contributed by atoms with Crippen molar-refractivity contribution in [1.29, 1.82) is 0 Å². The second kappa shape index (κ2) is 9.86. The first-order valence-corrected chi connectivity index (χ1v) is 11.2. The summed E-state index contributed by atoms with van der Waals surface area (Å²) in [6.45, 7) is 4.50. The quantitative estimate of drug-likeness (QED) is 0.505. The number of aromatic amines is 1. The van der Waals surface area contributed by atoms with Crippen molar-refractivity contribution in [1.82, 2.24) is 30.1 Å². The summed E-state index contributed by atoms with van der Waals surface area (Å²) in [5.74, 6) is 2.07. The van der Waals surface area contributed by atoms with Gasteiger partial charge in [0.1, 0.15) is 13.2 Å². The first-order chi connectivity index (χ1) is 16.2. The van der Waals surface area contributed by atoms with Crippen LogP contribution in [0.3, 0.4) is 0 Å². The van der Waals surface area contributed by atoms with Crippen molar-refractivity contribution in [3.05, 3.63) is 39.9 Å². The Labute approximate surface area is 190 Å². The standard InChI is InChI=1S/C22H28N6O5/c1-30-6-4-28-21(24-25-26-28)14-27(13-17-3-2-5-31-17)12-16-9-15-10-19-20(33-8-7-32-19)11-18(15)23-22(16)29/h9-11,17H,2-8,12-14H2,1H3,(H,23,29)/t17-/m1/s1. The van der Waals surface area contributed by atoms with Crippen LogP contribution in [0.1, 0.15) is 24.2 Å². The number of hydrogen-bond acceptors (Lipinski definition) is 9. The topological polar surface area (TPSA) is 117 Å². The molecule has 1 aromatic carbocycles. The predicted molar refractivity (Wildman–Crippen MR) is 118 cm³/mol. The van der Waals surface area contributed by atoms with Gasteiger partial charge in [0.15, 0.2) is 17.3 Å². The molecule has 0 bridgehead atoms. The van der Waals surface area contributed by atoms with E-state index in [0.717, 1.165) is 36.2 Å². The Balaban J connectivity index is 1.41. The lowest BCUT2D eigenvalue weighted by Gasteiger charge is -2.24. The molecule has 4 heterocycles. The highest BCUT2D eigenvalue weighted by Crippen LogP contribution is 2.33. The number of nitrogens with zero attached hydrogens (tertiary/aromatic N) is 5. The van der Waals surface area contributed by atoms with Crippen LogP contribution < -0.4 is 15.0 Å². The van der Waals surface area contributed by atoms with E-state index in [1.165, 1.54) is 0 Å². The highest BCUT2D eigenvalue weighted by atomic mass is 16.6. The van der Waals surface area contributed by atoms with Crippen molar-refractivity contribution in [3.8, 4) is 11.5 Å². The molecular weight excluding hydrogens is 428 g/mol. The van der Waals surface area contributed by atoms with Crippen molar-refractivity contribution in [2.45, 2.75) is 38.6 Å². The zero-order valence-corrected chi connectivity index (χ0v) is 18.7. The van der Waals surface area contributed by atoms with E-state index in [-0.39, 0.29) is 11.7 Å². The number of hydrogen-bond donors (Lipinski definition) is 1. The third kappa shape index (κ3) is 5.00. The fourth-order valence-corrected chi connectivity index (χ4v) is 4.30. The van der Waals surface area contributed by atoms with Gasteiger partial charge in [0.2, 0.25) is 0 Å². The van der Waals surface area contributed by atoms with Crippen molar-refractivity contribution < 1.29 is 18.9 Å². The van der Waals surface area contributed by atoms with Crippen LogP contribution in [-0.4, -0.2) is 76.3 Å². The molecule has 1 atom stereocenters. The molecule has 2 aromatic heterocycles. The normalized spacial score (nSPS) is 17.8. The molecule has 3 aromatic rings. The highest BCUT2D eigenvalue weighted by molar-refractivity contribution is 5.83. The molecule has 176 valence electrons. The minimum absolute atomic E-state index is 0.129. The first kappa shape index (κ1) is 21.8. The van der Waals surface area contributed by atoms with Gasteiger partial charge in [-0.05, 0) is 35.4 Å². The number of H-pyrrole nitrogens is 1. The maximum Gasteiger partial charge on any atom is 0.252 e. The van der Waals surface area contributed by atoms with Crippen molar-refractivity contribution >= 4 is 10.9 Å². The van der Waals surface area contributed by atoms with Gasteiger partial charge >= 0.3 is 0 Å². The summed E-state index contributed by atoms with van der Waals surface area (Å²) in [6.07, 6.45) is 2.18. The number of nitrogens with one attached hydrogen (secondary N) is 1. The summed E-state index contributed by atoms with van der Waals surface area (Å²) in [5, 5.41) is 13.0. The van der Waals surface area contributed by atoms with Crippen LogP contribution in [0, 0.1) is 0 Å². The number of rotatable bonds is 9. The van der Waals surface area contributed by atoms with Crippen LogP contribution in [0.5, 0.6) is 11.5 Å². The van der Waals surface area contributed by atoms with Crippen LogP contribution in [0.25, 0.3) is 10.9 Å². The Morgan fingerprint density at radius 3 is 2.82 bits per heavy atom. The van der Waals surface area contributed by atoms with E-state index in [4.69, 9.17) is 18.9 Å². The Bertz CT molecular complexity index is 1160. The molecule has 0 unspecified atom stereocenters. The number of pyridine rings is 1. The lowest BCUT2D eigenvalue weighted by molar-refractivity contribution is 0.0660.